The first-order valence-corrected chi connectivity index (χ1v) is 8.46. The Hall–Kier alpha value is -2.66. The summed E-state index contributed by atoms with van der Waals surface area (Å²) >= 11 is 6.06. The van der Waals surface area contributed by atoms with Crippen LogP contribution in [0, 0.1) is 5.92 Å². The van der Waals surface area contributed by atoms with Crippen LogP contribution < -0.4 is 0 Å². The van der Waals surface area contributed by atoms with E-state index in [9.17, 15) is 9.59 Å². The minimum Gasteiger partial charge on any atom is -0.331 e. The molecule has 0 radical (unpaired) electrons. The van der Waals surface area contributed by atoms with Crippen LogP contribution in [0.3, 0.4) is 0 Å². The fraction of sp³-hybridized carbons (Fsp3) is 0.211. The highest BCUT2D eigenvalue weighted by molar-refractivity contribution is 6.30. The van der Waals surface area contributed by atoms with E-state index in [1.54, 1.807) is 23.4 Å². The fourth-order valence-electron chi connectivity index (χ4n) is 3.16. The number of fused-ring (bicyclic) bond motifs is 1. The van der Waals surface area contributed by atoms with Crippen molar-refractivity contribution in [3.05, 3.63) is 59.4 Å². The molecule has 2 aromatic carbocycles. The Morgan fingerprint density at radius 1 is 1.24 bits per heavy atom. The SMILES string of the molecule is CC1CN(C(=O)c2ccc3c(c2)ncn3-c2cccc(Cl)c2)CC1=O. The number of carbonyl (C=O) groups excluding carboxylic acids is 2. The lowest BCUT2D eigenvalue weighted by molar-refractivity contribution is -0.119. The lowest BCUT2D eigenvalue weighted by atomic mass is 10.1. The van der Waals surface area contributed by atoms with Gasteiger partial charge in [-0.3, -0.25) is 14.2 Å². The first-order valence-electron chi connectivity index (χ1n) is 8.08. The van der Waals surface area contributed by atoms with Gasteiger partial charge < -0.3 is 4.90 Å². The molecule has 6 heteroatoms. The molecule has 0 bridgehead atoms. The highest BCUT2D eigenvalue weighted by Gasteiger charge is 2.31. The highest BCUT2D eigenvalue weighted by atomic mass is 35.5. The van der Waals surface area contributed by atoms with Crippen LogP contribution in [-0.2, 0) is 4.79 Å². The largest absolute Gasteiger partial charge is 0.331 e. The Kier molecular flexibility index (Phi) is 3.81. The summed E-state index contributed by atoms with van der Waals surface area (Å²) in [5.74, 6) is -0.105. The van der Waals surface area contributed by atoms with Gasteiger partial charge in [0, 0.05) is 28.7 Å². The summed E-state index contributed by atoms with van der Waals surface area (Å²) in [6, 6.07) is 12.9. The lowest BCUT2D eigenvalue weighted by Gasteiger charge is -2.14. The van der Waals surface area contributed by atoms with Gasteiger partial charge in [0.05, 0.1) is 17.6 Å². The fourth-order valence-corrected chi connectivity index (χ4v) is 3.34. The molecule has 0 N–H and O–H groups in total. The maximum Gasteiger partial charge on any atom is 0.254 e. The number of benzene rings is 2. The van der Waals surface area contributed by atoms with E-state index in [4.69, 9.17) is 11.6 Å². The number of ketones is 1. The van der Waals surface area contributed by atoms with Crippen LogP contribution in [0.25, 0.3) is 16.7 Å². The minimum absolute atomic E-state index is 0.0882. The zero-order valence-electron chi connectivity index (χ0n) is 13.6. The van der Waals surface area contributed by atoms with Gasteiger partial charge in [-0.2, -0.15) is 0 Å². The Balaban J connectivity index is 1.68. The van der Waals surface area contributed by atoms with Crippen molar-refractivity contribution in [2.75, 3.05) is 13.1 Å². The number of carbonyl (C=O) groups is 2. The molecule has 0 aliphatic carbocycles. The van der Waals surface area contributed by atoms with Crippen LogP contribution in [0.4, 0.5) is 0 Å². The van der Waals surface area contributed by atoms with Crippen molar-refractivity contribution in [3.63, 3.8) is 0 Å². The van der Waals surface area contributed by atoms with Crippen LogP contribution in [0.15, 0.2) is 48.8 Å². The number of imidazole rings is 1. The summed E-state index contributed by atoms with van der Waals surface area (Å²) in [6.07, 6.45) is 1.71. The predicted molar refractivity (Wildman–Crippen MR) is 96.2 cm³/mol. The van der Waals surface area contributed by atoms with Gasteiger partial charge in [0.2, 0.25) is 0 Å². The molecule has 0 saturated carbocycles. The summed E-state index contributed by atoms with van der Waals surface area (Å²) in [4.78, 5) is 30.3. The van der Waals surface area contributed by atoms with Gasteiger partial charge in [0.25, 0.3) is 5.91 Å². The van der Waals surface area contributed by atoms with Crippen LogP contribution in [-0.4, -0.2) is 39.2 Å². The number of halogens is 1. The van der Waals surface area contributed by atoms with Crippen LogP contribution in [0.2, 0.25) is 5.02 Å². The molecule has 1 atom stereocenters. The monoisotopic (exact) mass is 353 g/mol. The second kappa shape index (κ2) is 6.01. The first-order chi connectivity index (χ1) is 12.0. The topological polar surface area (TPSA) is 55.2 Å². The Bertz CT molecular complexity index is 995. The first kappa shape index (κ1) is 15.8. The van der Waals surface area contributed by atoms with Crippen molar-refractivity contribution < 1.29 is 9.59 Å². The molecule has 1 amide bonds. The van der Waals surface area contributed by atoms with Gasteiger partial charge >= 0.3 is 0 Å². The van der Waals surface area contributed by atoms with Gasteiger partial charge in [-0.15, -0.1) is 0 Å². The Morgan fingerprint density at radius 2 is 2.08 bits per heavy atom. The van der Waals surface area contributed by atoms with Gasteiger partial charge in [0.15, 0.2) is 5.78 Å². The minimum atomic E-state index is -0.128. The van der Waals surface area contributed by atoms with Gasteiger partial charge in [-0.25, -0.2) is 4.98 Å². The molecule has 1 aromatic heterocycles. The van der Waals surface area contributed by atoms with Gasteiger partial charge in [-0.05, 0) is 36.4 Å². The number of Topliss-reactive ketones (excluding diaryl/α,β-unsaturated/α-hetero) is 1. The van der Waals surface area contributed by atoms with E-state index < -0.39 is 0 Å². The zero-order chi connectivity index (χ0) is 17.6. The third kappa shape index (κ3) is 2.81. The molecule has 126 valence electrons. The Morgan fingerprint density at radius 3 is 2.80 bits per heavy atom. The number of hydrogen-bond donors (Lipinski definition) is 0. The third-order valence-corrected chi connectivity index (χ3v) is 4.79. The molecular formula is C19H16ClN3O2. The quantitative estimate of drug-likeness (QED) is 0.710. The lowest BCUT2D eigenvalue weighted by Crippen LogP contribution is -2.28. The molecule has 1 fully saturated rings. The number of hydrogen-bond acceptors (Lipinski definition) is 3. The van der Waals surface area contributed by atoms with E-state index in [1.807, 2.05) is 41.8 Å². The molecule has 3 aromatic rings. The van der Waals surface area contributed by atoms with Crippen LogP contribution in [0.5, 0.6) is 0 Å². The van der Waals surface area contributed by atoms with Crippen molar-refractivity contribution in [2.45, 2.75) is 6.92 Å². The molecule has 4 rings (SSSR count). The number of nitrogens with zero attached hydrogens (tertiary/aromatic N) is 3. The summed E-state index contributed by atoms with van der Waals surface area (Å²) in [5.41, 5.74) is 3.08. The van der Waals surface area contributed by atoms with E-state index in [0.29, 0.717) is 17.1 Å². The molecule has 2 heterocycles. The van der Waals surface area contributed by atoms with E-state index >= 15 is 0 Å². The zero-order valence-corrected chi connectivity index (χ0v) is 14.4. The van der Waals surface area contributed by atoms with E-state index in [0.717, 1.165) is 16.7 Å². The smallest absolute Gasteiger partial charge is 0.254 e. The average molecular weight is 354 g/mol. The van der Waals surface area contributed by atoms with Crippen molar-refractivity contribution in [1.29, 1.82) is 0 Å². The summed E-state index contributed by atoms with van der Waals surface area (Å²) in [7, 11) is 0. The van der Waals surface area contributed by atoms with Crippen LogP contribution >= 0.6 is 11.6 Å². The van der Waals surface area contributed by atoms with E-state index in [2.05, 4.69) is 4.98 Å². The number of rotatable bonds is 2. The molecule has 25 heavy (non-hydrogen) atoms. The van der Waals surface area contributed by atoms with Crippen molar-refractivity contribution >= 4 is 34.3 Å². The normalized spacial score (nSPS) is 17.4. The second-order valence-corrected chi connectivity index (χ2v) is 6.79. The molecule has 1 aliphatic rings. The molecular weight excluding hydrogens is 338 g/mol. The molecule has 1 saturated heterocycles. The summed E-state index contributed by atoms with van der Waals surface area (Å²) in [5, 5.41) is 0.652. The van der Waals surface area contributed by atoms with Crippen molar-refractivity contribution in [3.8, 4) is 5.69 Å². The van der Waals surface area contributed by atoms with E-state index in [-0.39, 0.29) is 24.2 Å². The standard InChI is InChI=1S/C19H16ClN3O2/c1-12-9-22(10-18(12)24)19(25)13-5-6-17-16(7-13)21-11-23(17)15-4-2-3-14(20)8-15/h2-8,11-12H,9-10H2,1H3. The average Bonchev–Trinajstić information content (AvgIpc) is 3.17. The third-order valence-electron chi connectivity index (χ3n) is 4.56. The van der Waals surface area contributed by atoms with Crippen molar-refractivity contribution in [2.24, 2.45) is 5.92 Å². The van der Waals surface area contributed by atoms with Gasteiger partial charge in [0.1, 0.15) is 6.33 Å². The molecule has 1 aliphatic heterocycles. The molecule has 1 unspecified atom stereocenters. The highest BCUT2D eigenvalue weighted by Crippen LogP contribution is 2.23. The van der Waals surface area contributed by atoms with E-state index in [1.165, 1.54) is 0 Å². The molecule has 5 nitrogen and oxygen atoms in total. The Labute approximate surface area is 149 Å². The summed E-state index contributed by atoms with van der Waals surface area (Å²) < 4.78 is 1.93. The van der Waals surface area contributed by atoms with Crippen LogP contribution in [0.1, 0.15) is 17.3 Å². The van der Waals surface area contributed by atoms with Gasteiger partial charge in [-0.1, -0.05) is 24.6 Å². The molecule has 0 spiro atoms. The maximum atomic E-state index is 12.6. The number of amides is 1. The number of aromatic nitrogens is 2. The second-order valence-electron chi connectivity index (χ2n) is 6.35. The number of likely N-dealkylation sites (tertiary alicyclic amines) is 1. The summed E-state index contributed by atoms with van der Waals surface area (Å²) in [6.45, 7) is 2.52. The predicted octanol–water partition coefficient (Wildman–Crippen LogP) is 3.34. The van der Waals surface area contributed by atoms with Crippen molar-refractivity contribution in [1.82, 2.24) is 14.5 Å². The maximum absolute atomic E-state index is 12.6.